The molecule has 3 aromatic rings. The van der Waals surface area contributed by atoms with Crippen molar-refractivity contribution in [2.45, 2.75) is 26.9 Å². The normalized spacial score (nSPS) is 12.1. The van der Waals surface area contributed by atoms with Gasteiger partial charge in [-0.15, -0.1) is 0 Å². The molecule has 2 heterocycles. The van der Waals surface area contributed by atoms with Crippen LogP contribution in [0.5, 0.6) is 17.2 Å². The lowest BCUT2D eigenvalue weighted by molar-refractivity contribution is -0.115. The van der Waals surface area contributed by atoms with Crippen molar-refractivity contribution in [3.63, 3.8) is 0 Å². The topological polar surface area (TPSA) is 82.8 Å². The molecule has 0 unspecified atom stereocenters. The molecule has 0 saturated carbocycles. The summed E-state index contributed by atoms with van der Waals surface area (Å²) in [5, 5.41) is 6.78. The second kappa shape index (κ2) is 7.64. The number of benzene rings is 2. The number of carbonyl (C=O) groups excluding carboxylic acids is 1. The van der Waals surface area contributed by atoms with E-state index in [1.807, 2.05) is 38.1 Å². The third-order valence-corrected chi connectivity index (χ3v) is 4.51. The number of aryl methyl sites for hydroxylation is 2. The maximum atomic E-state index is 12.3. The van der Waals surface area contributed by atoms with Crippen LogP contribution in [0.1, 0.15) is 22.6 Å². The van der Waals surface area contributed by atoms with E-state index < -0.39 is 0 Å². The molecular formula is C21H20N2O5. The van der Waals surface area contributed by atoms with E-state index >= 15 is 0 Å². The van der Waals surface area contributed by atoms with Gasteiger partial charge in [-0.3, -0.25) is 4.79 Å². The van der Waals surface area contributed by atoms with E-state index in [1.165, 1.54) is 0 Å². The molecule has 1 aliphatic heterocycles. The summed E-state index contributed by atoms with van der Waals surface area (Å²) in [5.74, 6) is 2.69. The molecule has 1 aliphatic rings. The largest absolute Gasteiger partial charge is 0.489 e. The zero-order valence-corrected chi connectivity index (χ0v) is 15.7. The molecular weight excluding hydrogens is 360 g/mol. The Hall–Kier alpha value is -3.48. The molecule has 2 aromatic carbocycles. The molecule has 7 heteroatoms. The zero-order chi connectivity index (χ0) is 19.5. The number of hydrogen-bond donors (Lipinski definition) is 1. The average Bonchev–Trinajstić information content (AvgIpc) is 3.27. The van der Waals surface area contributed by atoms with Gasteiger partial charge in [0.1, 0.15) is 18.1 Å². The fourth-order valence-electron chi connectivity index (χ4n) is 2.93. The molecule has 0 fully saturated rings. The lowest BCUT2D eigenvalue weighted by Crippen LogP contribution is -2.14. The number of anilines is 1. The number of carbonyl (C=O) groups is 1. The molecule has 0 aliphatic carbocycles. The van der Waals surface area contributed by atoms with Crippen LogP contribution in [0, 0.1) is 13.8 Å². The molecule has 0 bridgehead atoms. The Morgan fingerprint density at radius 3 is 2.64 bits per heavy atom. The quantitative estimate of drug-likeness (QED) is 0.701. The minimum atomic E-state index is -0.108. The fraction of sp³-hybridized carbons (Fsp3) is 0.238. The second-order valence-corrected chi connectivity index (χ2v) is 6.53. The van der Waals surface area contributed by atoms with E-state index in [0.717, 1.165) is 28.3 Å². The van der Waals surface area contributed by atoms with E-state index in [9.17, 15) is 4.79 Å². The first-order chi connectivity index (χ1) is 13.6. The van der Waals surface area contributed by atoms with Gasteiger partial charge in [-0.1, -0.05) is 17.3 Å². The number of fused-ring (bicyclic) bond motifs is 1. The van der Waals surface area contributed by atoms with Crippen LogP contribution < -0.4 is 19.5 Å². The van der Waals surface area contributed by atoms with Crippen LogP contribution in [-0.4, -0.2) is 17.9 Å². The third kappa shape index (κ3) is 3.93. The highest BCUT2D eigenvalue weighted by atomic mass is 16.7. The molecule has 0 atom stereocenters. The Morgan fingerprint density at radius 2 is 1.89 bits per heavy atom. The number of aromatic nitrogens is 1. The Bertz CT molecular complexity index is 975. The van der Waals surface area contributed by atoms with Gasteiger partial charge in [0.2, 0.25) is 12.7 Å². The molecule has 4 rings (SSSR count). The zero-order valence-electron chi connectivity index (χ0n) is 15.7. The summed E-state index contributed by atoms with van der Waals surface area (Å²) < 4.78 is 21.5. The number of nitrogens with zero attached hydrogens (tertiary/aromatic N) is 1. The van der Waals surface area contributed by atoms with E-state index in [1.54, 1.807) is 18.2 Å². The second-order valence-electron chi connectivity index (χ2n) is 6.53. The Kier molecular flexibility index (Phi) is 4.89. The highest BCUT2D eigenvalue weighted by Gasteiger charge is 2.14. The summed E-state index contributed by atoms with van der Waals surface area (Å²) in [7, 11) is 0. The summed E-state index contributed by atoms with van der Waals surface area (Å²) in [4.78, 5) is 12.3. The number of hydrogen-bond acceptors (Lipinski definition) is 6. The third-order valence-electron chi connectivity index (χ3n) is 4.51. The van der Waals surface area contributed by atoms with Gasteiger partial charge in [0.15, 0.2) is 11.5 Å². The molecule has 1 aromatic heterocycles. The van der Waals surface area contributed by atoms with Crippen molar-refractivity contribution < 1.29 is 23.5 Å². The van der Waals surface area contributed by atoms with E-state index in [-0.39, 0.29) is 19.1 Å². The molecule has 28 heavy (non-hydrogen) atoms. The maximum Gasteiger partial charge on any atom is 0.231 e. The molecule has 144 valence electrons. The van der Waals surface area contributed by atoms with E-state index in [2.05, 4.69) is 10.5 Å². The molecule has 0 spiro atoms. The van der Waals surface area contributed by atoms with Crippen LogP contribution in [0.15, 0.2) is 47.0 Å². The van der Waals surface area contributed by atoms with Crippen molar-refractivity contribution in [2.75, 3.05) is 12.1 Å². The molecule has 7 nitrogen and oxygen atoms in total. The fourth-order valence-corrected chi connectivity index (χ4v) is 2.93. The first-order valence-corrected chi connectivity index (χ1v) is 8.91. The summed E-state index contributed by atoms with van der Waals surface area (Å²) in [5.41, 5.74) is 3.35. The number of ether oxygens (including phenoxy) is 3. The summed E-state index contributed by atoms with van der Waals surface area (Å²) in [6.45, 7) is 4.35. The minimum Gasteiger partial charge on any atom is -0.489 e. The lowest BCUT2D eigenvalue weighted by atomic mass is 10.1. The van der Waals surface area contributed by atoms with Crippen molar-refractivity contribution in [3.8, 4) is 17.2 Å². The Morgan fingerprint density at radius 1 is 1.11 bits per heavy atom. The van der Waals surface area contributed by atoms with Gasteiger partial charge in [-0.2, -0.15) is 0 Å². The van der Waals surface area contributed by atoms with E-state index in [0.29, 0.717) is 23.8 Å². The molecule has 0 saturated heterocycles. The van der Waals surface area contributed by atoms with Crippen LogP contribution >= 0.6 is 0 Å². The highest BCUT2D eigenvalue weighted by molar-refractivity contribution is 5.92. The van der Waals surface area contributed by atoms with E-state index in [4.69, 9.17) is 18.7 Å². The SMILES string of the molecule is Cc1noc(C)c1COc1ccc(CC(=O)Nc2ccc3c(c2)OCO3)cc1. The molecule has 1 N–H and O–H groups in total. The average molecular weight is 380 g/mol. The van der Waals surface area contributed by atoms with Crippen LogP contribution in [0.4, 0.5) is 5.69 Å². The first-order valence-electron chi connectivity index (χ1n) is 8.91. The smallest absolute Gasteiger partial charge is 0.231 e. The van der Waals surface area contributed by atoms with Crippen molar-refractivity contribution in [3.05, 3.63) is 65.0 Å². The predicted octanol–water partition coefficient (Wildman–Crippen LogP) is 3.78. The van der Waals surface area contributed by atoms with Crippen molar-refractivity contribution >= 4 is 11.6 Å². The number of amides is 1. The van der Waals surface area contributed by atoms with Gasteiger partial charge in [0.05, 0.1) is 17.7 Å². The summed E-state index contributed by atoms with van der Waals surface area (Å²) >= 11 is 0. The maximum absolute atomic E-state index is 12.3. The Balaban J connectivity index is 1.32. The predicted molar refractivity (Wildman–Crippen MR) is 102 cm³/mol. The van der Waals surface area contributed by atoms with Gasteiger partial charge in [-0.25, -0.2) is 0 Å². The number of nitrogens with one attached hydrogen (secondary N) is 1. The standard InChI is InChI=1S/C21H20N2O5/c1-13-18(14(2)28-23-13)11-25-17-6-3-15(4-7-17)9-21(24)22-16-5-8-19-20(10-16)27-12-26-19/h3-8,10H,9,11-12H2,1-2H3,(H,22,24). The highest BCUT2D eigenvalue weighted by Crippen LogP contribution is 2.34. The monoisotopic (exact) mass is 380 g/mol. The van der Waals surface area contributed by atoms with Gasteiger partial charge < -0.3 is 24.1 Å². The Labute approximate surface area is 162 Å². The van der Waals surface area contributed by atoms with Crippen LogP contribution in [0.25, 0.3) is 0 Å². The van der Waals surface area contributed by atoms with Crippen molar-refractivity contribution in [2.24, 2.45) is 0 Å². The van der Waals surface area contributed by atoms with Crippen LogP contribution in [0.2, 0.25) is 0 Å². The van der Waals surface area contributed by atoms with Gasteiger partial charge in [-0.05, 0) is 43.7 Å². The number of rotatable bonds is 6. The lowest BCUT2D eigenvalue weighted by Gasteiger charge is -2.08. The van der Waals surface area contributed by atoms with Crippen LogP contribution in [-0.2, 0) is 17.8 Å². The van der Waals surface area contributed by atoms with Gasteiger partial charge in [0.25, 0.3) is 0 Å². The van der Waals surface area contributed by atoms with Crippen molar-refractivity contribution in [1.29, 1.82) is 0 Å². The minimum absolute atomic E-state index is 0.108. The summed E-state index contributed by atoms with van der Waals surface area (Å²) in [6.07, 6.45) is 0.262. The first kappa shape index (κ1) is 17.9. The van der Waals surface area contributed by atoms with Crippen molar-refractivity contribution in [1.82, 2.24) is 5.16 Å². The summed E-state index contributed by atoms with van der Waals surface area (Å²) in [6, 6.07) is 12.8. The van der Waals surface area contributed by atoms with Crippen LogP contribution in [0.3, 0.4) is 0 Å². The van der Waals surface area contributed by atoms with Gasteiger partial charge >= 0.3 is 0 Å². The van der Waals surface area contributed by atoms with Gasteiger partial charge in [0, 0.05) is 11.8 Å². The molecule has 0 radical (unpaired) electrons. The molecule has 1 amide bonds.